The van der Waals surface area contributed by atoms with Crippen LogP contribution in [-0.4, -0.2) is 34.3 Å². The van der Waals surface area contributed by atoms with Crippen LogP contribution in [0.4, 0.5) is 5.69 Å². The average molecular weight is 300 g/mol. The van der Waals surface area contributed by atoms with Crippen molar-refractivity contribution in [3.8, 4) is 11.4 Å². The van der Waals surface area contributed by atoms with E-state index in [1.807, 2.05) is 18.2 Å². The predicted molar refractivity (Wildman–Crippen MR) is 83.2 cm³/mol. The first kappa shape index (κ1) is 14.6. The number of hydrogen-bond donors (Lipinski definition) is 2. The quantitative estimate of drug-likeness (QED) is 0.848. The number of methoxy groups -OCH3 is 1. The fraction of sp³-hybridized carbons (Fsp3) is 0.438. The molecule has 0 aliphatic heterocycles. The second-order valence-electron chi connectivity index (χ2n) is 5.59. The Balaban J connectivity index is 1.64. The van der Waals surface area contributed by atoms with Gasteiger partial charge < -0.3 is 10.1 Å². The molecule has 116 valence electrons. The Morgan fingerprint density at radius 2 is 2.14 bits per heavy atom. The number of pyridine rings is 1. The molecule has 1 saturated carbocycles. The number of hydrogen-bond acceptors (Lipinski definition) is 5. The fourth-order valence-electron chi connectivity index (χ4n) is 2.96. The van der Waals surface area contributed by atoms with E-state index in [4.69, 9.17) is 4.74 Å². The number of rotatable bonds is 4. The van der Waals surface area contributed by atoms with Crippen molar-refractivity contribution in [1.29, 1.82) is 0 Å². The number of aromatic amines is 1. The molecule has 6 heteroatoms. The van der Waals surface area contributed by atoms with Crippen LogP contribution in [0.3, 0.4) is 0 Å². The summed E-state index contributed by atoms with van der Waals surface area (Å²) in [5.74, 6) is -0.0430. The number of ether oxygens (including phenoxy) is 1. The lowest BCUT2D eigenvalue weighted by Gasteiger charge is -2.28. The van der Waals surface area contributed by atoms with E-state index in [1.165, 1.54) is 7.11 Å². The summed E-state index contributed by atoms with van der Waals surface area (Å²) < 4.78 is 4.83. The minimum Gasteiger partial charge on any atom is -0.469 e. The molecule has 2 heterocycles. The Labute approximate surface area is 129 Å². The molecule has 0 radical (unpaired) electrons. The molecule has 1 aliphatic rings. The van der Waals surface area contributed by atoms with Crippen molar-refractivity contribution < 1.29 is 9.53 Å². The molecule has 0 atom stereocenters. The summed E-state index contributed by atoms with van der Waals surface area (Å²) in [5.41, 5.74) is 2.72. The van der Waals surface area contributed by atoms with Gasteiger partial charge in [0, 0.05) is 12.2 Å². The molecule has 0 aromatic carbocycles. The highest BCUT2D eigenvalue weighted by molar-refractivity contribution is 5.73. The van der Waals surface area contributed by atoms with E-state index in [1.54, 1.807) is 12.4 Å². The molecule has 1 aliphatic carbocycles. The summed E-state index contributed by atoms with van der Waals surface area (Å²) >= 11 is 0. The van der Waals surface area contributed by atoms with Gasteiger partial charge in [0.05, 0.1) is 30.6 Å². The molecule has 0 unspecified atom stereocenters. The molecular weight excluding hydrogens is 280 g/mol. The van der Waals surface area contributed by atoms with Gasteiger partial charge in [0.15, 0.2) is 0 Å². The van der Waals surface area contributed by atoms with Gasteiger partial charge in [0.25, 0.3) is 0 Å². The Kier molecular flexibility index (Phi) is 4.37. The Hall–Kier alpha value is -2.37. The highest BCUT2D eigenvalue weighted by atomic mass is 16.5. The van der Waals surface area contributed by atoms with Crippen LogP contribution in [0.1, 0.15) is 25.7 Å². The number of anilines is 1. The molecule has 22 heavy (non-hydrogen) atoms. The third kappa shape index (κ3) is 3.10. The number of H-pyrrole nitrogens is 1. The van der Waals surface area contributed by atoms with E-state index >= 15 is 0 Å². The minimum atomic E-state index is -0.0871. The van der Waals surface area contributed by atoms with Gasteiger partial charge in [-0.25, -0.2) is 0 Å². The van der Waals surface area contributed by atoms with Crippen LogP contribution in [0, 0.1) is 5.92 Å². The van der Waals surface area contributed by atoms with Crippen molar-refractivity contribution in [2.75, 3.05) is 12.4 Å². The monoisotopic (exact) mass is 300 g/mol. The van der Waals surface area contributed by atoms with Crippen molar-refractivity contribution in [2.45, 2.75) is 31.7 Å². The third-order valence-corrected chi connectivity index (χ3v) is 4.18. The zero-order chi connectivity index (χ0) is 15.4. The lowest BCUT2D eigenvalue weighted by Crippen LogP contribution is -2.29. The van der Waals surface area contributed by atoms with Crippen LogP contribution in [0.5, 0.6) is 0 Å². The second kappa shape index (κ2) is 6.60. The van der Waals surface area contributed by atoms with Crippen molar-refractivity contribution in [3.05, 3.63) is 30.6 Å². The van der Waals surface area contributed by atoms with Crippen LogP contribution in [-0.2, 0) is 9.53 Å². The van der Waals surface area contributed by atoms with Gasteiger partial charge >= 0.3 is 5.97 Å². The summed E-state index contributed by atoms with van der Waals surface area (Å²) in [6.07, 6.45) is 7.18. The maximum Gasteiger partial charge on any atom is 0.308 e. The zero-order valence-corrected chi connectivity index (χ0v) is 12.6. The maximum atomic E-state index is 11.6. The topological polar surface area (TPSA) is 79.9 Å². The van der Waals surface area contributed by atoms with E-state index in [-0.39, 0.29) is 11.9 Å². The summed E-state index contributed by atoms with van der Waals surface area (Å²) in [6, 6.07) is 6.14. The SMILES string of the molecule is COC(=O)C1CCC(Nc2cn[nH]c2-c2ccccn2)CC1. The van der Waals surface area contributed by atoms with Crippen molar-refractivity contribution >= 4 is 11.7 Å². The van der Waals surface area contributed by atoms with Crippen LogP contribution in [0.25, 0.3) is 11.4 Å². The number of esters is 1. The maximum absolute atomic E-state index is 11.6. The van der Waals surface area contributed by atoms with E-state index < -0.39 is 0 Å². The molecule has 6 nitrogen and oxygen atoms in total. The summed E-state index contributed by atoms with van der Waals surface area (Å²) in [4.78, 5) is 15.9. The molecule has 0 spiro atoms. The van der Waals surface area contributed by atoms with Crippen LogP contribution >= 0.6 is 0 Å². The molecule has 3 rings (SSSR count). The Morgan fingerprint density at radius 3 is 2.82 bits per heavy atom. The van der Waals surface area contributed by atoms with E-state index in [2.05, 4.69) is 20.5 Å². The molecule has 0 amide bonds. The average Bonchev–Trinajstić information content (AvgIpc) is 3.04. The number of carbonyl (C=O) groups is 1. The summed E-state index contributed by atoms with van der Waals surface area (Å²) in [7, 11) is 1.46. The Bertz CT molecular complexity index is 618. The number of nitrogens with one attached hydrogen (secondary N) is 2. The van der Waals surface area contributed by atoms with E-state index in [9.17, 15) is 4.79 Å². The standard InChI is InChI=1S/C16H20N4O2/c1-22-16(21)11-5-7-12(8-6-11)19-14-10-18-20-15(14)13-4-2-3-9-17-13/h2-4,9-12,19H,5-8H2,1H3,(H,18,20). The smallest absolute Gasteiger partial charge is 0.308 e. The van der Waals surface area contributed by atoms with Gasteiger partial charge in [0.1, 0.15) is 5.69 Å². The lowest BCUT2D eigenvalue weighted by molar-refractivity contribution is -0.146. The van der Waals surface area contributed by atoms with Crippen molar-refractivity contribution in [1.82, 2.24) is 15.2 Å². The van der Waals surface area contributed by atoms with Crippen LogP contribution < -0.4 is 5.32 Å². The molecule has 0 bridgehead atoms. The van der Waals surface area contributed by atoms with E-state index in [0.717, 1.165) is 42.8 Å². The second-order valence-corrected chi connectivity index (χ2v) is 5.59. The fourth-order valence-corrected chi connectivity index (χ4v) is 2.96. The van der Waals surface area contributed by atoms with Gasteiger partial charge in [-0.15, -0.1) is 0 Å². The predicted octanol–water partition coefficient (Wildman–Crippen LogP) is 2.62. The van der Waals surface area contributed by atoms with Crippen LogP contribution in [0.15, 0.2) is 30.6 Å². The van der Waals surface area contributed by atoms with E-state index in [0.29, 0.717) is 6.04 Å². The van der Waals surface area contributed by atoms with Gasteiger partial charge in [0.2, 0.25) is 0 Å². The van der Waals surface area contributed by atoms with Gasteiger partial charge in [-0.05, 0) is 37.8 Å². The third-order valence-electron chi connectivity index (χ3n) is 4.18. The molecule has 0 saturated heterocycles. The van der Waals surface area contributed by atoms with Crippen LogP contribution in [0.2, 0.25) is 0 Å². The number of carbonyl (C=O) groups excluding carboxylic acids is 1. The Morgan fingerprint density at radius 1 is 1.32 bits per heavy atom. The molecular formula is C16H20N4O2. The first-order chi connectivity index (χ1) is 10.8. The molecule has 1 fully saturated rings. The zero-order valence-electron chi connectivity index (χ0n) is 12.6. The summed E-state index contributed by atoms with van der Waals surface area (Å²) in [5, 5.41) is 10.6. The van der Waals surface area contributed by atoms with Gasteiger partial charge in [-0.2, -0.15) is 5.10 Å². The highest BCUT2D eigenvalue weighted by Crippen LogP contribution is 2.30. The molecule has 2 aromatic rings. The lowest BCUT2D eigenvalue weighted by atomic mass is 9.86. The largest absolute Gasteiger partial charge is 0.469 e. The first-order valence-electron chi connectivity index (χ1n) is 7.57. The normalized spacial score (nSPS) is 21.3. The highest BCUT2D eigenvalue weighted by Gasteiger charge is 2.27. The minimum absolute atomic E-state index is 0.0441. The van der Waals surface area contributed by atoms with Gasteiger partial charge in [-0.3, -0.25) is 14.9 Å². The summed E-state index contributed by atoms with van der Waals surface area (Å²) in [6.45, 7) is 0. The first-order valence-corrected chi connectivity index (χ1v) is 7.57. The molecule has 2 aromatic heterocycles. The molecule has 2 N–H and O–H groups in total. The number of nitrogens with zero attached hydrogens (tertiary/aromatic N) is 2. The van der Waals surface area contributed by atoms with Crippen molar-refractivity contribution in [2.24, 2.45) is 5.92 Å². The van der Waals surface area contributed by atoms with Gasteiger partial charge in [-0.1, -0.05) is 6.07 Å². The van der Waals surface area contributed by atoms with Crippen molar-refractivity contribution in [3.63, 3.8) is 0 Å². The number of aromatic nitrogens is 3.